The zero-order valence-electron chi connectivity index (χ0n) is 12.2. The molecule has 1 aliphatic carbocycles. The fourth-order valence-electron chi connectivity index (χ4n) is 4.25. The van der Waals surface area contributed by atoms with E-state index in [-0.39, 0.29) is 11.2 Å². The molecule has 0 radical (unpaired) electrons. The van der Waals surface area contributed by atoms with Gasteiger partial charge in [-0.2, -0.15) is 0 Å². The quantitative estimate of drug-likeness (QED) is 0.893. The van der Waals surface area contributed by atoms with E-state index < -0.39 is 0 Å². The van der Waals surface area contributed by atoms with Crippen molar-refractivity contribution < 1.29 is 9.13 Å². The molecule has 3 rings (SSSR count). The van der Waals surface area contributed by atoms with Crippen LogP contribution in [0.25, 0.3) is 0 Å². The third kappa shape index (κ3) is 2.61. The lowest BCUT2D eigenvalue weighted by molar-refractivity contribution is -0.0122. The van der Waals surface area contributed by atoms with Gasteiger partial charge in [-0.1, -0.05) is 18.6 Å². The van der Waals surface area contributed by atoms with Crippen LogP contribution in [0, 0.1) is 11.2 Å². The molecule has 1 saturated heterocycles. The SMILES string of the molecule is COC1CCCC2(CCNCC2c2cccc(F)c2)C1. The smallest absolute Gasteiger partial charge is 0.123 e. The molecule has 2 fully saturated rings. The van der Waals surface area contributed by atoms with Gasteiger partial charge in [0, 0.05) is 19.6 Å². The fraction of sp³-hybridized carbons (Fsp3) is 0.647. The normalized spacial score (nSPS) is 34.3. The largest absolute Gasteiger partial charge is 0.381 e. The van der Waals surface area contributed by atoms with Crippen LogP contribution in [0.15, 0.2) is 24.3 Å². The van der Waals surface area contributed by atoms with Gasteiger partial charge in [-0.25, -0.2) is 4.39 Å². The van der Waals surface area contributed by atoms with Gasteiger partial charge in [-0.15, -0.1) is 0 Å². The number of ether oxygens (including phenoxy) is 1. The summed E-state index contributed by atoms with van der Waals surface area (Å²) >= 11 is 0. The number of hydrogen-bond donors (Lipinski definition) is 1. The van der Waals surface area contributed by atoms with Crippen molar-refractivity contribution >= 4 is 0 Å². The molecular formula is C17H24FNO. The van der Waals surface area contributed by atoms with E-state index >= 15 is 0 Å². The summed E-state index contributed by atoms with van der Waals surface area (Å²) in [5.74, 6) is 0.284. The van der Waals surface area contributed by atoms with Gasteiger partial charge in [0.15, 0.2) is 0 Å². The molecule has 2 nitrogen and oxygen atoms in total. The van der Waals surface area contributed by atoms with Gasteiger partial charge >= 0.3 is 0 Å². The zero-order valence-corrected chi connectivity index (χ0v) is 12.2. The predicted octanol–water partition coefficient (Wildman–Crippen LogP) is 3.48. The highest BCUT2D eigenvalue weighted by Crippen LogP contribution is 2.51. The van der Waals surface area contributed by atoms with Crippen molar-refractivity contribution in [1.29, 1.82) is 0 Å². The number of nitrogens with one attached hydrogen (secondary N) is 1. The highest BCUT2D eigenvalue weighted by molar-refractivity contribution is 5.25. The molecule has 1 aromatic rings. The minimum absolute atomic E-state index is 0.123. The van der Waals surface area contributed by atoms with Crippen LogP contribution >= 0.6 is 0 Å². The third-order valence-corrected chi connectivity index (χ3v) is 5.31. The Hall–Kier alpha value is -0.930. The second-order valence-corrected chi connectivity index (χ2v) is 6.38. The van der Waals surface area contributed by atoms with Crippen molar-refractivity contribution in [2.24, 2.45) is 5.41 Å². The summed E-state index contributed by atoms with van der Waals surface area (Å²) in [5.41, 5.74) is 1.44. The van der Waals surface area contributed by atoms with Gasteiger partial charge in [0.1, 0.15) is 5.82 Å². The minimum atomic E-state index is -0.123. The molecule has 1 aromatic carbocycles. The van der Waals surface area contributed by atoms with Crippen LogP contribution in [0.5, 0.6) is 0 Å². The van der Waals surface area contributed by atoms with Gasteiger partial charge < -0.3 is 10.1 Å². The van der Waals surface area contributed by atoms with Gasteiger partial charge in [-0.05, 0) is 55.3 Å². The summed E-state index contributed by atoms with van der Waals surface area (Å²) in [7, 11) is 1.82. The molecule has 110 valence electrons. The van der Waals surface area contributed by atoms with Gasteiger partial charge in [0.2, 0.25) is 0 Å². The average Bonchev–Trinajstić information content (AvgIpc) is 2.48. The van der Waals surface area contributed by atoms with Crippen LogP contribution in [0.1, 0.15) is 43.6 Å². The molecule has 1 spiro atoms. The van der Waals surface area contributed by atoms with Crippen molar-refractivity contribution in [2.45, 2.75) is 44.1 Å². The van der Waals surface area contributed by atoms with E-state index in [1.54, 1.807) is 6.07 Å². The fourth-order valence-corrected chi connectivity index (χ4v) is 4.25. The van der Waals surface area contributed by atoms with Gasteiger partial charge in [0.05, 0.1) is 6.10 Å². The summed E-state index contributed by atoms with van der Waals surface area (Å²) in [6, 6.07) is 7.17. The molecule has 1 aliphatic heterocycles. The Kier molecular flexibility index (Phi) is 4.08. The summed E-state index contributed by atoms with van der Waals surface area (Å²) in [4.78, 5) is 0. The van der Waals surface area contributed by atoms with Crippen molar-refractivity contribution in [2.75, 3.05) is 20.2 Å². The number of methoxy groups -OCH3 is 1. The molecule has 2 aliphatic rings. The Morgan fingerprint density at radius 2 is 2.25 bits per heavy atom. The lowest BCUT2D eigenvalue weighted by atomic mass is 9.60. The van der Waals surface area contributed by atoms with Crippen LogP contribution in [0.4, 0.5) is 4.39 Å². The average molecular weight is 277 g/mol. The Bertz CT molecular complexity index is 460. The van der Waals surface area contributed by atoms with E-state index in [1.165, 1.54) is 31.7 Å². The van der Waals surface area contributed by atoms with E-state index in [9.17, 15) is 4.39 Å². The van der Waals surface area contributed by atoms with Crippen molar-refractivity contribution in [3.05, 3.63) is 35.6 Å². The van der Waals surface area contributed by atoms with Gasteiger partial charge in [0.25, 0.3) is 0 Å². The first kappa shape index (κ1) is 14.0. The lowest BCUT2D eigenvalue weighted by Crippen LogP contribution is -2.47. The highest BCUT2D eigenvalue weighted by Gasteiger charge is 2.44. The van der Waals surface area contributed by atoms with Crippen molar-refractivity contribution in [3.8, 4) is 0 Å². The molecule has 3 unspecified atom stereocenters. The second-order valence-electron chi connectivity index (χ2n) is 6.38. The van der Waals surface area contributed by atoms with E-state index in [4.69, 9.17) is 4.74 Å². The first-order valence-corrected chi connectivity index (χ1v) is 7.72. The first-order valence-electron chi connectivity index (χ1n) is 7.72. The third-order valence-electron chi connectivity index (χ3n) is 5.31. The molecule has 0 aromatic heterocycles. The van der Waals surface area contributed by atoms with E-state index in [0.29, 0.717) is 12.0 Å². The summed E-state index contributed by atoms with van der Waals surface area (Å²) in [6.07, 6.45) is 6.31. The van der Waals surface area contributed by atoms with E-state index in [0.717, 1.165) is 25.1 Å². The molecule has 0 bridgehead atoms. The number of halogens is 1. The minimum Gasteiger partial charge on any atom is -0.381 e. The van der Waals surface area contributed by atoms with Crippen LogP contribution in [-0.2, 0) is 4.74 Å². The maximum Gasteiger partial charge on any atom is 0.123 e. The number of benzene rings is 1. The molecule has 1 heterocycles. The monoisotopic (exact) mass is 277 g/mol. The molecule has 1 N–H and O–H groups in total. The zero-order chi connectivity index (χ0) is 14.0. The standard InChI is InChI=1S/C17H24FNO/c1-20-15-6-3-7-17(11-15)8-9-19-12-16(17)13-4-2-5-14(18)10-13/h2,4-5,10,15-16,19H,3,6-9,11-12H2,1H3. The van der Waals surface area contributed by atoms with Crippen molar-refractivity contribution in [3.63, 3.8) is 0 Å². The second kappa shape index (κ2) is 5.82. The predicted molar refractivity (Wildman–Crippen MR) is 78.3 cm³/mol. The molecule has 20 heavy (non-hydrogen) atoms. The molecule has 0 amide bonds. The maximum atomic E-state index is 13.6. The van der Waals surface area contributed by atoms with Crippen LogP contribution in [0.3, 0.4) is 0 Å². The molecule has 1 saturated carbocycles. The lowest BCUT2D eigenvalue weighted by Gasteiger charge is -2.49. The van der Waals surface area contributed by atoms with Crippen LogP contribution in [-0.4, -0.2) is 26.3 Å². The van der Waals surface area contributed by atoms with Gasteiger partial charge in [-0.3, -0.25) is 0 Å². The Balaban J connectivity index is 1.90. The topological polar surface area (TPSA) is 21.3 Å². The van der Waals surface area contributed by atoms with Crippen LogP contribution < -0.4 is 5.32 Å². The van der Waals surface area contributed by atoms with E-state index in [2.05, 4.69) is 11.4 Å². The number of rotatable bonds is 2. The Morgan fingerprint density at radius 3 is 3.05 bits per heavy atom. The maximum absolute atomic E-state index is 13.6. The molecule has 3 atom stereocenters. The summed E-state index contributed by atoms with van der Waals surface area (Å²) < 4.78 is 19.2. The molecule has 3 heteroatoms. The summed E-state index contributed by atoms with van der Waals surface area (Å²) in [5, 5.41) is 3.49. The van der Waals surface area contributed by atoms with Crippen molar-refractivity contribution in [1.82, 2.24) is 5.32 Å². The first-order chi connectivity index (χ1) is 9.73. The van der Waals surface area contributed by atoms with Crippen LogP contribution in [0.2, 0.25) is 0 Å². The summed E-state index contributed by atoms with van der Waals surface area (Å²) in [6.45, 7) is 2.03. The Morgan fingerprint density at radius 1 is 1.35 bits per heavy atom. The van der Waals surface area contributed by atoms with E-state index in [1.807, 2.05) is 13.2 Å². The highest BCUT2D eigenvalue weighted by atomic mass is 19.1. The number of hydrogen-bond acceptors (Lipinski definition) is 2. The molecular weight excluding hydrogens is 253 g/mol. The Labute approximate surface area is 120 Å². The number of piperidine rings is 1.